The van der Waals surface area contributed by atoms with Crippen LogP contribution >= 0.6 is 11.3 Å². The third kappa shape index (κ3) is 12.1. The molecule has 1 aliphatic heterocycles. The van der Waals surface area contributed by atoms with E-state index in [1.54, 1.807) is 46.9 Å². The Hall–Kier alpha value is -5.83. The van der Waals surface area contributed by atoms with Gasteiger partial charge in [-0.05, 0) is 106 Å². The summed E-state index contributed by atoms with van der Waals surface area (Å²) in [5.74, 6) is 4.06. The van der Waals surface area contributed by atoms with Crippen LogP contribution < -0.4 is 33.2 Å². The van der Waals surface area contributed by atoms with Gasteiger partial charge in [0.25, 0.3) is 0 Å². The van der Waals surface area contributed by atoms with Crippen molar-refractivity contribution in [3.8, 4) is 73.3 Å². The fraction of sp³-hybridized carbons (Fsp3) is 0.431. The highest BCUT2D eigenvalue weighted by Gasteiger charge is 2.21. The summed E-state index contributed by atoms with van der Waals surface area (Å²) in [5, 5.41) is 5.64. The van der Waals surface area contributed by atoms with Crippen molar-refractivity contribution in [1.82, 2.24) is 24.6 Å². The summed E-state index contributed by atoms with van der Waals surface area (Å²) in [7, 11) is 8.01. The zero-order valence-corrected chi connectivity index (χ0v) is 39.5. The van der Waals surface area contributed by atoms with Crippen LogP contribution in [-0.2, 0) is 0 Å². The molecule has 0 saturated carbocycles. The second-order valence-electron chi connectivity index (χ2n) is 16.2. The predicted octanol–water partition coefficient (Wildman–Crippen LogP) is 10.4. The van der Waals surface area contributed by atoms with Crippen molar-refractivity contribution in [2.75, 3.05) is 88.0 Å². The fourth-order valence-corrected chi connectivity index (χ4v) is 9.21. The maximum atomic E-state index is 12.8. The van der Waals surface area contributed by atoms with E-state index in [0.717, 1.165) is 110 Å². The van der Waals surface area contributed by atoms with Crippen molar-refractivity contribution in [2.45, 2.75) is 58.3 Å². The summed E-state index contributed by atoms with van der Waals surface area (Å²) in [6.07, 6.45) is 8.97. The van der Waals surface area contributed by atoms with Crippen LogP contribution in [0.25, 0.3) is 43.3 Å². The molecule has 0 atom stereocenters. The first kappa shape index (κ1) is 47.1. The topological polar surface area (TPSA) is 119 Å². The van der Waals surface area contributed by atoms with Crippen LogP contribution in [0.15, 0.2) is 78.9 Å². The summed E-state index contributed by atoms with van der Waals surface area (Å²) < 4.78 is 42.9. The molecule has 0 bridgehead atoms. The molecule has 1 aliphatic rings. The van der Waals surface area contributed by atoms with Gasteiger partial charge >= 0.3 is 0 Å². The molecule has 0 amide bonds. The molecule has 1 fully saturated rings. The number of methoxy groups -OCH3 is 5. The number of rotatable bonds is 24. The summed E-state index contributed by atoms with van der Waals surface area (Å²) in [6, 6.07) is 25.5. The second kappa shape index (κ2) is 23.4. The lowest BCUT2D eigenvalue weighted by molar-refractivity contribution is 0.0923. The van der Waals surface area contributed by atoms with E-state index >= 15 is 0 Å². The van der Waals surface area contributed by atoms with Crippen LogP contribution in [-0.4, -0.2) is 119 Å². The number of nitrogens with zero attached hydrogens (tertiary/aromatic N) is 5. The van der Waals surface area contributed by atoms with E-state index in [2.05, 4.69) is 45.2 Å². The van der Waals surface area contributed by atoms with Crippen molar-refractivity contribution < 1.29 is 38.0 Å². The first-order chi connectivity index (χ1) is 31.8. The maximum absolute atomic E-state index is 12.8. The van der Waals surface area contributed by atoms with Gasteiger partial charge in [0.15, 0.2) is 34.5 Å². The third-order valence-electron chi connectivity index (χ3n) is 11.8. The highest BCUT2D eigenvalue weighted by molar-refractivity contribution is 7.21. The van der Waals surface area contributed by atoms with Gasteiger partial charge in [-0.25, -0.2) is 4.98 Å². The van der Waals surface area contributed by atoms with Gasteiger partial charge in [-0.3, -0.25) is 4.79 Å². The molecule has 0 unspecified atom stereocenters. The average molecular weight is 906 g/mol. The first-order valence-electron chi connectivity index (χ1n) is 22.7. The molecule has 0 N–H and O–H groups in total. The second-order valence-corrected chi connectivity index (χ2v) is 17.2. The van der Waals surface area contributed by atoms with Crippen molar-refractivity contribution in [2.24, 2.45) is 0 Å². The van der Waals surface area contributed by atoms with E-state index < -0.39 is 0 Å². The van der Waals surface area contributed by atoms with Crippen LogP contribution in [0.3, 0.4) is 0 Å². The number of unbranched alkanes of at least 4 members (excludes halogenated alkanes) is 6. The van der Waals surface area contributed by atoms with E-state index in [1.165, 1.54) is 35.6 Å². The molecule has 2 aromatic heterocycles. The standard InChI is InChI=1S/C51H63N5O8S/c1-36(57)56-42(35-41(53-56)39-33-47(60-4)50(62-6)48(34-39)61-5)37-19-21-43(58-2)45(31-37)63-29-15-9-7-13-23-54-25-27-55(28-26-54)24-14-8-10-16-30-64-46-32-38(20-22-44(46)59-3)51-52-40-17-11-12-18-49(40)65-51/h11-12,17-22,31-35H,7-10,13-16,23-30H2,1-6H3. The monoisotopic (exact) mass is 905 g/mol. The van der Waals surface area contributed by atoms with E-state index in [-0.39, 0.29) is 5.91 Å². The van der Waals surface area contributed by atoms with Crippen LogP contribution in [0.2, 0.25) is 0 Å². The molecule has 346 valence electrons. The van der Waals surface area contributed by atoms with Crippen LogP contribution in [0.5, 0.6) is 40.2 Å². The number of aromatic nitrogens is 3. The van der Waals surface area contributed by atoms with Gasteiger partial charge in [-0.2, -0.15) is 9.78 Å². The van der Waals surface area contributed by atoms with Gasteiger partial charge in [0.1, 0.15) is 5.01 Å². The van der Waals surface area contributed by atoms with Gasteiger partial charge in [-0.1, -0.05) is 37.8 Å². The number of hydrogen-bond donors (Lipinski definition) is 0. The van der Waals surface area contributed by atoms with Gasteiger partial charge in [0.05, 0.1) is 70.4 Å². The van der Waals surface area contributed by atoms with Crippen LogP contribution in [0, 0.1) is 0 Å². The molecule has 4 aromatic carbocycles. The Morgan fingerprint density at radius 3 is 1.63 bits per heavy atom. The summed E-state index contributed by atoms with van der Waals surface area (Å²) in [6.45, 7) is 9.59. The van der Waals surface area contributed by atoms with Gasteiger partial charge in [0, 0.05) is 49.8 Å². The van der Waals surface area contributed by atoms with Crippen LogP contribution in [0.4, 0.5) is 0 Å². The SMILES string of the molecule is COc1ccc(-c2nc3ccccc3s2)cc1OCCCCCCN1CCN(CCCCCCOc2cc(-c3cc(-c4cc(OC)c(OC)c(OC)c4)nn3C(C)=O)ccc2OC)CC1. The minimum absolute atomic E-state index is 0.217. The fourth-order valence-electron chi connectivity index (χ4n) is 8.25. The van der Waals surface area contributed by atoms with Crippen molar-refractivity contribution in [1.29, 1.82) is 0 Å². The van der Waals surface area contributed by atoms with E-state index in [4.69, 9.17) is 38.1 Å². The number of fused-ring (bicyclic) bond motifs is 1. The molecule has 7 rings (SSSR count). The van der Waals surface area contributed by atoms with E-state index in [9.17, 15) is 4.79 Å². The minimum atomic E-state index is -0.217. The quantitative estimate of drug-likeness (QED) is 0.0538. The Kier molecular flexibility index (Phi) is 17.0. The third-order valence-corrected chi connectivity index (χ3v) is 12.9. The van der Waals surface area contributed by atoms with Gasteiger partial charge < -0.3 is 43.0 Å². The zero-order valence-electron chi connectivity index (χ0n) is 38.7. The Balaban J connectivity index is 0.776. The molecule has 3 heterocycles. The number of para-hydroxylation sites is 1. The maximum Gasteiger partial charge on any atom is 0.244 e. The van der Waals surface area contributed by atoms with E-state index in [0.29, 0.717) is 53.3 Å². The highest BCUT2D eigenvalue weighted by atomic mass is 32.1. The first-order valence-corrected chi connectivity index (χ1v) is 23.5. The largest absolute Gasteiger partial charge is 0.493 e. The molecular formula is C51H63N5O8S. The normalized spacial score (nSPS) is 13.2. The number of benzene rings is 4. The number of thiazole rings is 1. The molecular weight excluding hydrogens is 843 g/mol. The lowest BCUT2D eigenvalue weighted by atomic mass is 10.1. The van der Waals surface area contributed by atoms with Gasteiger partial charge in [-0.15, -0.1) is 11.3 Å². The molecule has 13 nitrogen and oxygen atoms in total. The molecule has 1 saturated heterocycles. The summed E-state index contributed by atoms with van der Waals surface area (Å²) >= 11 is 1.70. The summed E-state index contributed by atoms with van der Waals surface area (Å²) in [4.78, 5) is 22.8. The molecule has 6 aromatic rings. The molecule has 0 radical (unpaired) electrons. The van der Waals surface area contributed by atoms with Crippen LogP contribution in [0.1, 0.15) is 63.1 Å². The lowest BCUT2D eigenvalue weighted by Crippen LogP contribution is -2.46. The molecule has 0 spiro atoms. The number of carbonyl (C=O) groups is 1. The summed E-state index contributed by atoms with van der Waals surface area (Å²) in [5.41, 5.74) is 4.79. The Bertz CT molecular complexity index is 2420. The Morgan fingerprint density at radius 1 is 0.569 bits per heavy atom. The van der Waals surface area contributed by atoms with Crippen molar-refractivity contribution in [3.63, 3.8) is 0 Å². The van der Waals surface area contributed by atoms with Crippen molar-refractivity contribution >= 4 is 27.5 Å². The van der Waals surface area contributed by atoms with Crippen molar-refractivity contribution in [3.05, 3.63) is 78.9 Å². The molecule has 14 heteroatoms. The Labute approximate surface area is 387 Å². The highest BCUT2D eigenvalue weighted by Crippen LogP contribution is 2.42. The molecule has 65 heavy (non-hydrogen) atoms. The minimum Gasteiger partial charge on any atom is -0.493 e. The number of hydrogen-bond acceptors (Lipinski definition) is 13. The number of piperazine rings is 1. The smallest absolute Gasteiger partial charge is 0.244 e. The lowest BCUT2D eigenvalue weighted by Gasteiger charge is -2.34. The average Bonchev–Trinajstić information content (AvgIpc) is 3.99. The van der Waals surface area contributed by atoms with Gasteiger partial charge in [0.2, 0.25) is 11.7 Å². The number of carbonyl (C=O) groups excluding carboxylic acids is 1. The Morgan fingerprint density at radius 2 is 1.09 bits per heavy atom. The van der Waals surface area contributed by atoms with E-state index in [1.807, 2.05) is 48.5 Å². The number of ether oxygens (including phenoxy) is 7. The predicted molar refractivity (Wildman–Crippen MR) is 258 cm³/mol. The zero-order chi connectivity index (χ0) is 45.5. The molecule has 0 aliphatic carbocycles.